The predicted octanol–water partition coefficient (Wildman–Crippen LogP) is 4.94. The second kappa shape index (κ2) is 7.51. The predicted molar refractivity (Wildman–Crippen MR) is 117 cm³/mol. The summed E-state index contributed by atoms with van der Waals surface area (Å²) in [6.45, 7) is 8.17. The molecule has 4 atom stereocenters. The Morgan fingerprint density at radius 2 is 1.10 bits per heavy atom. The Labute approximate surface area is 172 Å². The average molecular weight is 389 g/mol. The quantitative estimate of drug-likeness (QED) is 0.729. The van der Waals surface area contributed by atoms with Crippen LogP contribution < -0.4 is 10.6 Å². The highest BCUT2D eigenvalue weighted by Crippen LogP contribution is 2.48. The normalized spacial score (nSPS) is 24.6. The van der Waals surface area contributed by atoms with Gasteiger partial charge in [-0.15, -0.1) is 0 Å². The van der Waals surface area contributed by atoms with Crippen LogP contribution in [0.25, 0.3) is 0 Å². The largest absolute Gasteiger partial charge is 0.326 e. The molecule has 0 unspecified atom stereocenters. The Morgan fingerprint density at radius 3 is 1.48 bits per heavy atom. The fourth-order valence-electron chi connectivity index (χ4n) is 4.63. The van der Waals surface area contributed by atoms with Gasteiger partial charge >= 0.3 is 0 Å². The molecular weight excluding hydrogens is 360 g/mol. The molecule has 29 heavy (non-hydrogen) atoms. The first-order valence-corrected chi connectivity index (χ1v) is 10.3. The van der Waals surface area contributed by atoms with Gasteiger partial charge in [0.15, 0.2) is 0 Å². The molecule has 1 fully saturated rings. The minimum absolute atomic E-state index is 0.0645. The van der Waals surface area contributed by atoms with E-state index in [0.717, 1.165) is 28.9 Å². The number of amides is 2. The maximum atomic E-state index is 13.1. The van der Waals surface area contributed by atoms with Crippen LogP contribution in [0.2, 0.25) is 0 Å². The van der Waals surface area contributed by atoms with Gasteiger partial charge in [0.1, 0.15) is 0 Å². The zero-order valence-corrected chi connectivity index (χ0v) is 17.5. The van der Waals surface area contributed by atoms with E-state index in [-0.39, 0.29) is 35.5 Å². The van der Waals surface area contributed by atoms with E-state index in [2.05, 4.69) is 36.6 Å². The number of nitrogens with one attached hydrogen (secondary N) is 2. The third-order valence-corrected chi connectivity index (χ3v) is 6.61. The summed E-state index contributed by atoms with van der Waals surface area (Å²) in [5.74, 6) is -0.545. The summed E-state index contributed by atoms with van der Waals surface area (Å²) in [5.41, 5.74) is 6.24. The molecule has 4 heteroatoms. The SMILES string of the molecule is Cc1ccc(NC(=O)[C@H]2[C@H](C(=O)Nc3ccc(C)c(C)c3)[C@H]3C=C[C@@H]2C3)cc1C. The molecule has 0 aromatic heterocycles. The molecule has 0 radical (unpaired) electrons. The zero-order chi connectivity index (χ0) is 20.7. The van der Waals surface area contributed by atoms with E-state index >= 15 is 0 Å². The summed E-state index contributed by atoms with van der Waals surface area (Å²) in [4.78, 5) is 26.3. The number of hydrogen-bond donors (Lipinski definition) is 2. The van der Waals surface area contributed by atoms with Crippen molar-refractivity contribution in [1.82, 2.24) is 0 Å². The molecule has 4 rings (SSSR count). The number of carbonyl (C=O) groups is 2. The lowest BCUT2D eigenvalue weighted by Gasteiger charge is -2.26. The first kappa shape index (κ1) is 19.4. The first-order chi connectivity index (χ1) is 13.8. The highest BCUT2D eigenvalue weighted by Gasteiger charge is 2.51. The molecule has 4 nitrogen and oxygen atoms in total. The fourth-order valence-corrected chi connectivity index (χ4v) is 4.63. The molecule has 2 bridgehead atoms. The smallest absolute Gasteiger partial charge is 0.228 e. The van der Waals surface area contributed by atoms with Gasteiger partial charge in [-0.1, -0.05) is 24.3 Å². The number of fused-ring (bicyclic) bond motifs is 2. The van der Waals surface area contributed by atoms with E-state index in [1.165, 1.54) is 11.1 Å². The number of allylic oxidation sites excluding steroid dienone is 2. The highest BCUT2D eigenvalue weighted by atomic mass is 16.2. The van der Waals surface area contributed by atoms with E-state index < -0.39 is 0 Å². The van der Waals surface area contributed by atoms with E-state index in [0.29, 0.717) is 0 Å². The van der Waals surface area contributed by atoms with Crippen LogP contribution in [0.5, 0.6) is 0 Å². The fraction of sp³-hybridized carbons (Fsp3) is 0.360. The van der Waals surface area contributed by atoms with Crippen molar-refractivity contribution >= 4 is 23.2 Å². The van der Waals surface area contributed by atoms with Crippen LogP contribution in [0.3, 0.4) is 0 Å². The van der Waals surface area contributed by atoms with Gasteiger partial charge in [-0.05, 0) is 92.5 Å². The van der Waals surface area contributed by atoms with Crippen LogP contribution in [0.1, 0.15) is 28.7 Å². The lowest BCUT2D eigenvalue weighted by molar-refractivity contribution is -0.129. The molecule has 150 valence electrons. The van der Waals surface area contributed by atoms with Crippen molar-refractivity contribution in [3.63, 3.8) is 0 Å². The molecule has 1 saturated carbocycles. The second-order valence-electron chi connectivity index (χ2n) is 8.58. The highest BCUT2D eigenvalue weighted by molar-refractivity contribution is 6.01. The van der Waals surface area contributed by atoms with E-state index in [9.17, 15) is 9.59 Å². The molecule has 0 aliphatic heterocycles. The Balaban J connectivity index is 1.53. The lowest BCUT2D eigenvalue weighted by Crippen LogP contribution is -2.39. The standard InChI is InChI=1S/C25H28N2O2/c1-14-5-9-20(11-16(14)3)26-24(28)22-18-7-8-19(13-18)23(22)25(29)27-21-10-6-15(2)17(4)12-21/h5-12,18-19,22-23H,13H2,1-4H3,(H,26,28)(H,27,29)/t18-,19+,22-,23-/m1/s1. The van der Waals surface area contributed by atoms with Gasteiger partial charge < -0.3 is 10.6 Å². The molecule has 2 N–H and O–H groups in total. The van der Waals surface area contributed by atoms with Crippen LogP contribution in [-0.4, -0.2) is 11.8 Å². The van der Waals surface area contributed by atoms with Gasteiger partial charge in [-0.2, -0.15) is 0 Å². The number of hydrogen-bond acceptors (Lipinski definition) is 2. The van der Waals surface area contributed by atoms with Crippen LogP contribution >= 0.6 is 0 Å². The molecule has 0 heterocycles. The van der Waals surface area contributed by atoms with Crippen molar-refractivity contribution in [1.29, 1.82) is 0 Å². The number of rotatable bonds is 4. The third kappa shape index (κ3) is 3.71. The Hall–Kier alpha value is -2.88. The molecular formula is C25H28N2O2. The molecule has 0 saturated heterocycles. The molecule has 2 aliphatic carbocycles. The van der Waals surface area contributed by atoms with Crippen LogP contribution in [-0.2, 0) is 9.59 Å². The lowest BCUT2D eigenvalue weighted by atomic mass is 9.81. The van der Waals surface area contributed by atoms with Gasteiger partial charge in [-0.3, -0.25) is 9.59 Å². The summed E-state index contributed by atoms with van der Waals surface area (Å²) in [7, 11) is 0. The van der Waals surface area contributed by atoms with Gasteiger partial charge in [0.2, 0.25) is 11.8 Å². The molecule has 0 spiro atoms. The van der Waals surface area contributed by atoms with Crippen molar-refractivity contribution in [3.05, 3.63) is 70.8 Å². The number of carbonyl (C=O) groups excluding carboxylic acids is 2. The zero-order valence-electron chi connectivity index (χ0n) is 17.5. The van der Waals surface area contributed by atoms with Gasteiger partial charge in [-0.25, -0.2) is 0 Å². The first-order valence-electron chi connectivity index (χ1n) is 10.3. The third-order valence-electron chi connectivity index (χ3n) is 6.61. The van der Waals surface area contributed by atoms with E-state index in [4.69, 9.17) is 0 Å². The summed E-state index contributed by atoms with van der Waals surface area (Å²) in [6, 6.07) is 11.8. The maximum Gasteiger partial charge on any atom is 0.228 e. The topological polar surface area (TPSA) is 58.2 Å². The molecule has 2 amide bonds. The minimum Gasteiger partial charge on any atom is -0.326 e. The van der Waals surface area contributed by atoms with Crippen LogP contribution in [0.15, 0.2) is 48.6 Å². The van der Waals surface area contributed by atoms with Crippen LogP contribution in [0.4, 0.5) is 11.4 Å². The molecule has 2 aromatic carbocycles. The van der Waals surface area contributed by atoms with Crippen molar-refractivity contribution < 1.29 is 9.59 Å². The van der Waals surface area contributed by atoms with E-state index in [1.54, 1.807) is 0 Å². The maximum absolute atomic E-state index is 13.1. The Bertz CT molecular complexity index is 928. The van der Waals surface area contributed by atoms with Gasteiger partial charge in [0.05, 0.1) is 11.8 Å². The van der Waals surface area contributed by atoms with Crippen molar-refractivity contribution in [2.45, 2.75) is 34.1 Å². The Morgan fingerprint density at radius 1 is 0.690 bits per heavy atom. The monoisotopic (exact) mass is 388 g/mol. The van der Waals surface area contributed by atoms with Crippen molar-refractivity contribution in [2.75, 3.05) is 10.6 Å². The summed E-state index contributed by atoms with van der Waals surface area (Å²) in [5, 5.41) is 6.10. The molecule has 2 aromatic rings. The van der Waals surface area contributed by atoms with Crippen molar-refractivity contribution in [2.24, 2.45) is 23.7 Å². The van der Waals surface area contributed by atoms with Gasteiger partial charge in [0, 0.05) is 11.4 Å². The van der Waals surface area contributed by atoms with Gasteiger partial charge in [0.25, 0.3) is 0 Å². The van der Waals surface area contributed by atoms with Crippen LogP contribution in [0, 0.1) is 51.4 Å². The minimum atomic E-state index is -0.335. The molecule has 2 aliphatic rings. The van der Waals surface area contributed by atoms with Crippen molar-refractivity contribution in [3.8, 4) is 0 Å². The summed E-state index contributed by atoms with van der Waals surface area (Å²) >= 11 is 0. The number of anilines is 2. The Kier molecular flexibility index (Phi) is 5.03. The number of benzene rings is 2. The second-order valence-corrected chi connectivity index (χ2v) is 8.58. The average Bonchev–Trinajstić information content (AvgIpc) is 3.29. The number of aryl methyl sites for hydroxylation is 4. The summed E-state index contributed by atoms with van der Waals surface area (Å²) < 4.78 is 0. The summed E-state index contributed by atoms with van der Waals surface area (Å²) in [6.07, 6.45) is 5.08. The van der Waals surface area contributed by atoms with E-state index in [1.807, 2.05) is 50.2 Å².